The Morgan fingerprint density at radius 3 is 2.75 bits per heavy atom. The Balaban J connectivity index is 1.91. The zero-order valence-electron chi connectivity index (χ0n) is 16.3. The molecule has 1 saturated heterocycles. The van der Waals surface area contributed by atoms with Crippen LogP contribution in [0.2, 0.25) is 0 Å². The number of nitro groups is 1. The van der Waals surface area contributed by atoms with Crippen LogP contribution in [0.3, 0.4) is 0 Å². The van der Waals surface area contributed by atoms with Gasteiger partial charge in [-0.05, 0) is 30.9 Å². The Hall–Kier alpha value is -2.46. The third kappa shape index (κ3) is 4.17. The lowest BCUT2D eigenvalue weighted by molar-refractivity contribution is -0.384. The van der Waals surface area contributed by atoms with E-state index < -0.39 is 14.9 Å². The summed E-state index contributed by atoms with van der Waals surface area (Å²) in [6.07, 6.45) is 5.32. The summed E-state index contributed by atoms with van der Waals surface area (Å²) in [6, 6.07) is 4.13. The maximum absolute atomic E-state index is 13.0. The van der Waals surface area contributed by atoms with Crippen LogP contribution in [0, 0.1) is 16.0 Å². The summed E-state index contributed by atoms with van der Waals surface area (Å²) < 4.78 is 29.0. The third-order valence-corrected chi connectivity index (χ3v) is 6.85. The number of hydrogen-bond acceptors (Lipinski definition) is 6. The van der Waals surface area contributed by atoms with Crippen molar-refractivity contribution in [3.8, 4) is 0 Å². The van der Waals surface area contributed by atoms with E-state index in [0.717, 1.165) is 18.4 Å². The van der Waals surface area contributed by atoms with Crippen LogP contribution in [-0.4, -0.2) is 47.6 Å². The Morgan fingerprint density at radius 2 is 2.14 bits per heavy atom. The summed E-state index contributed by atoms with van der Waals surface area (Å²) in [5.41, 5.74) is 1.04. The molecule has 0 amide bonds. The van der Waals surface area contributed by atoms with Crippen molar-refractivity contribution in [1.29, 1.82) is 0 Å². The number of nitrogens with zero attached hydrogens (tertiary/aromatic N) is 5. The van der Waals surface area contributed by atoms with Gasteiger partial charge in [0, 0.05) is 51.6 Å². The lowest BCUT2D eigenvalue weighted by Crippen LogP contribution is -2.39. The first-order valence-corrected chi connectivity index (χ1v) is 10.6. The zero-order valence-corrected chi connectivity index (χ0v) is 17.1. The molecule has 0 saturated carbocycles. The van der Waals surface area contributed by atoms with Gasteiger partial charge in [0.1, 0.15) is 5.69 Å². The normalized spacial score (nSPS) is 18.2. The van der Waals surface area contributed by atoms with Crippen molar-refractivity contribution < 1.29 is 13.3 Å². The predicted molar refractivity (Wildman–Crippen MR) is 106 cm³/mol. The molecule has 2 heterocycles. The number of aryl methyl sites for hydroxylation is 1. The van der Waals surface area contributed by atoms with Crippen molar-refractivity contribution in [2.75, 3.05) is 25.0 Å². The van der Waals surface area contributed by atoms with Crippen molar-refractivity contribution in [1.82, 2.24) is 14.1 Å². The lowest BCUT2D eigenvalue weighted by Gasteiger charge is -2.30. The van der Waals surface area contributed by atoms with Gasteiger partial charge < -0.3 is 4.90 Å². The molecule has 28 heavy (non-hydrogen) atoms. The Labute approximate surface area is 164 Å². The fraction of sp³-hybridized carbons (Fsp3) is 0.500. The lowest BCUT2D eigenvalue weighted by atomic mass is 10.0. The van der Waals surface area contributed by atoms with E-state index in [1.807, 2.05) is 13.1 Å². The largest absolute Gasteiger partial charge is 0.365 e. The molecule has 152 valence electrons. The molecule has 9 nitrogen and oxygen atoms in total. The quantitative estimate of drug-likeness (QED) is 0.538. The van der Waals surface area contributed by atoms with Crippen molar-refractivity contribution >= 4 is 21.4 Å². The number of rotatable bonds is 6. The molecule has 1 atom stereocenters. The van der Waals surface area contributed by atoms with Crippen molar-refractivity contribution in [2.45, 2.75) is 31.2 Å². The topological polar surface area (TPSA) is 102 Å². The standard InChI is InChI=1S/C18H25N5O4S/c1-14-5-4-8-22(11-14)28(26,27)16-6-7-17(18(9-16)23(24)25)20(2)12-15-10-19-21(3)13-15/h6-7,9-10,13-14H,4-5,8,11-12H2,1-3H3. The van der Waals surface area contributed by atoms with Gasteiger partial charge >= 0.3 is 0 Å². The molecule has 2 aromatic rings. The van der Waals surface area contributed by atoms with Crippen LogP contribution < -0.4 is 4.90 Å². The fourth-order valence-electron chi connectivity index (χ4n) is 3.56. The van der Waals surface area contributed by atoms with E-state index in [1.54, 1.807) is 29.9 Å². The van der Waals surface area contributed by atoms with E-state index in [0.29, 0.717) is 25.3 Å². The minimum absolute atomic E-state index is 0.0353. The number of sulfonamides is 1. The van der Waals surface area contributed by atoms with Gasteiger partial charge in [-0.1, -0.05) is 6.92 Å². The van der Waals surface area contributed by atoms with E-state index in [1.165, 1.54) is 22.5 Å². The number of aromatic nitrogens is 2. The molecule has 1 aromatic heterocycles. The zero-order chi connectivity index (χ0) is 20.5. The van der Waals surface area contributed by atoms with Crippen molar-refractivity contribution in [3.05, 3.63) is 46.3 Å². The second-order valence-corrected chi connectivity index (χ2v) is 9.33. The summed E-state index contributed by atoms with van der Waals surface area (Å²) in [5, 5.41) is 15.7. The average molecular weight is 407 g/mol. The highest BCUT2D eigenvalue weighted by Gasteiger charge is 2.31. The van der Waals surface area contributed by atoms with E-state index in [2.05, 4.69) is 5.10 Å². The summed E-state index contributed by atoms with van der Waals surface area (Å²) >= 11 is 0. The Bertz CT molecular complexity index is 972. The summed E-state index contributed by atoms with van der Waals surface area (Å²) in [7, 11) is -0.221. The van der Waals surface area contributed by atoms with Gasteiger partial charge in [0.25, 0.3) is 5.69 Å². The molecule has 3 rings (SSSR count). The molecule has 1 unspecified atom stereocenters. The first-order valence-electron chi connectivity index (χ1n) is 9.15. The van der Waals surface area contributed by atoms with Gasteiger partial charge in [0.05, 0.1) is 16.0 Å². The monoisotopic (exact) mass is 407 g/mol. The molecular weight excluding hydrogens is 382 g/mol. The second kappa shape index (κ2) is 7.88. The first kappa shape index (κ1) is 20.3. The molecular formula is C18H25N5O4S. The van der Waals surface area contributed by atoms with E-state index >= 15 is 0 Å². The molecule has 1 aromatic carbocycles. The van der Waals surface area contributed by atoms with Crippen molar-refractivity contribution in [2.24, 2.45) is 13.0 Å². The summed E-state index contributed by atoms with van der Waals surface area (Å²) in [5.74, 6) is 0.281. The van der Waals surface area contributed by atoms with Gasteiger partial charge in [0.15, 0.2) is 0 Å². The first-order chi connectivity index (χ1) is 13.2. The Kier molecular flexibility index (Phi) is 5.71. The summed E-state index contributed by atoms with van der Waals surface area (Å²) in [4.78, 5) is 12.8. The summed E-state index contributed by atoms with van der Waals surface area (Å²) in [6.45, 7) is 3.33. The van der Waals surface area contributed by atoms with Crippen LogP contribution in [0.4, 0.5) is 11.4 Å². The van der Waals surface area contributed by atoms with Crippen LogP contribution in [0.25, 0.3) is 0 Å². The maximum Gasteiger partial charge on any atom is 0.293 e. The van der Waals surface area contributed by atoms with Crippen LogP contribution in [0.15, 0.2) is 35.5 Å². The van der Waals surface area contributed by atoms with Crippen molar-refractivity contribution in [3.63, 3.8) is 0 Å². The number of anilines is 1. The highest BCUT2D eigenvalue weighted by molar-refractivity contribution is 7.89. The minimum atomic E-state index is -3.75. The SMILES string of the molecule is CC1CCCN(S(=O)(=O)c2ccc(N(C)Cc3cnn(C)c3)c([N+](=O)[O-])c2)C1. The molecule has 1 aliphatic rings. The second-order valence-electron chi connectivity index (χ2n) is 7.40. The number of nitro benzene ring substituents is 1. The van der Waals surface area contributed by atoms with Gasteiger partial charge in [-0.3, -0.25) is 14.8 Å². The van der Waals surface area contributed by atoms with Gasteiger partial charge in [-0.15, -0.1) is 0 Å². The number of benzene rings is 1. The Morgan fingerprint density at radius 1 is 1.39 bits per heavy atom. The smallest absolute Gasteiger partial charge is 0.293 e. The molecule has 1 fully saturated rings. The van der Waals surface area contributed by atoms with Crippen LogP contribution in [0.1, 0.15) is 25.3 Å². The van der Waals surface area contributed by atoms with E-state index in [-0.39, 0.29) is 16.5 Å². The highest BCUT2D eigenvalue weighted by Crippen LogP contribution is 2.33. The molecule has 10 heteroatoms. The van der Waals surface area contributed by atoms with Crippen LogP contribution in [-0.2, 0) is 23.6 Å². The van der Waals surface area contributed by atoms with Gasteiger partial charge in [-0.2, -0.15) is 9.40 Å². The molecule has 0 N–H and O–H groups in total. The molecule has 1 aliphatic heterocycles. The van der Waals surface area contributed by atoms with E-state index in [9.17, 15) is 18.5 Å². The molecule has 0 aliphatic carbocycles. The van der Waals surface area contributed by atoms with Gasteiger partial charge in [-0.25, -0.2) is 8.42 Å². The van der Waals surface area contributed by atoms with Gasteiger partial charge in [0.2, 0.25) is 10.0 Å². The molecule has 0 bridgehead atoms. The highest BCUT2D eigenvalue weighted by atomic mass is 32.2. The fourth-order valence-corrected chi connectivity index (χ4v) is 5.18. The average Bonchev–Trinajstić information content (AvgIpc) is 3.05. The molecule has 0 spiro atoms. The predicted octanol–water partition coefficient (Wildman–Crippen LogP) is 2.39. The third-order valence-electron chi connectivity index (χ3n) is 4.99. The number of hydrogen-bond donors (Lipinski definition) is 0. The van der Waals surface area contributed by atoms with Crippen LogP contribution in [0.5, 0.6) is 0 Å². The van der Waals surface area contributed by atoms with E-state index in [4.69, 9.17) is 0 Å². The number of piperidine rings is 1. The minimum Gasteiger partial charge on any atom is -0.365 e. The van der Waals surface area contributed by atoms with Crippen LogP contribution >= 0.6 is 0 Å². The molecule has 0 radical (unpaired) electrons. The maximum atomic E-state index is 13.0.